The third-order valence-corrected chi connectivity index (χ3v) is 2.45. The van der Waals surface area contributed by atoms with Crippen LogP contribution in [-0.2, 0) is 0 Å². The number of nitriles is 1. The Morgan fingerprint density at radius 2 is 2.00 bits per heavy atom. The minimum atomic E-state index is -0.501. The summed E-state index contributed by atoms with van der Waals surface area (Å²) in [5.41, 5.74) is 1.76. The van der Waals surface area contributed by atoms with Gasteiger partial charge in [0.25, 0.3) is 0 Å². The molecule has 0 saturated heterocycles. The maximum absolute atomic E-state index is 13.8. The number of aryl methyl sites for hydroxylation is 2. The Kier molecular flexibility index (Phi) is 3.31. The molecule has 1 rings (SSSR count). The van der Waals surface area contributed by atoms with Gasteiger partial charge in [-0.2, -0.15) is 5.26 Å². The Morgan fingerprint density at radius 1 is 1.40 bits per heavy atom. The maximum Gasteiger partial charge on any atom is 0.134 e. The van der Waals surface area contributed by atoms with E-state index >= 15 is 0 Å². The van der Waals surface area contributed by atoms with Crippen LogP contribution in [0.25, 0.3) is 0 Å². The van der Waals surface area contributed by atoms with E-state index in [-0.39, 0.29) is 5.82 Å². The molecule has 0 heterocycles. The molecule has 0 aliphatic heterocycles. The first-order chi connectivity index (χ1) is 7.02. The zero-order valence-electron chi connectivity index (χ0n) is 9.39. The van der Waals surface area contributed by atoms with Crippen molar-refractivity contribution in [2.75, 3.05) is 7.11 Å². The number of hydrogen-bond donors (Lipinski definition) is 0. The summed E-state index contributed by atoms with van der Waals surface area (Å²) in [5.74, 6) is -0.364. The fourth-order valence-corrected chi connectivity index (χ4v) is 1.70. The van der Waals surface area contributed by atoms with Crippen LogP contribution in [0.2, 0.25) is 0 Å². The van der Waals surface area contributed by atoms with Crippen molar-refractivity contribution in [2.45, 2.75) is 26.7 Å². The van der Waals surface area contributed by atoms with Crippen LogP contribution in [0.15, 0.2) is 6.07 Å². The van der Waals surface area contributed by atoms with E-state index in [1.165, 1.54) is 7.11 Å². The highest BCUT2D eigenvalue weighted by atomic mass is 19.1. The molecule has 0 aliphatic carbocycles. The van der Waals surface area contributed by atoms with Gasteiger partial charge in [-0.3, -0.25) is 0 Å². The minimum absolute atomic E-state index is 0.341. The number of methoxy groups -OCH3 is 1. The van der Waals surface area contributed by atoms with Crippen LogP contribution in [0.4, 0.5) is 4.39 Å². The van der Waals surface area contributed by atoms with Gasteiger partial charge < -0.3 is 4.74 Å². The van der Waals surface area contributed by atoms with Crippen molar-refractivity contribution in [3.05, 3.63) is 28.6 Å². The highest BCUT2D eigenvalue weighted by Crippen LogP contribution is 2.33. The lowest BCUT2D eigenvalue weighted by Gasteiger charge is -2.15. The summed E-state index contributed by atoms with van der Waals surface area (Å²) in [6, 6.07) is 3.76. The zero-order chi connectivity index (χ0) is 11.6. The van der Waals surface area contributed by atoms with E-state index in [1.807, 2.05) is 13.0 Å². The quantitative estimate of drug-likeness (QED) is 0.746. The maximum atomic E-state index is 13.8. The van der Waals surface area contributed by atoms with Crippen molar-refractivity contribution in [1.29, 1.82) is 5.26 Å². The number of benzene rings is 1. The molecule has 0 saturated carbocycles. The van der Waals surface area contributed by atoms with Gasteiger partial charge in [-0.1, -0.05) is 0 Å². The van der Waals surface area contributed by atoms with Crippen molar-refractivity contribution >= 4 is 0 Å². The lowest BCUT2D eigenvalue weighted by atomic mass is 9.95. The SMILES string of the molecule is COc1c(C)cc(C)c(F)c1C(C)C#N. The van der Waals surface area contributed by atoms with Crippen LogP contribution in [0, 0.1) is 31.0 Å². The first kappa shape index (κ1) is 11.5. The number of halogens is 1. The Bertz CT molecular complexity index is 421. The predicted octanol–water partition coefficient (Wildman–Crippen LogP) is 3.08. The van der Waals surface area contributed by atoms with Gasteiger partial charge in [0, 0.05) is 5.56 Å². The summed E-state index contributed by atoms with van der Waals surface area (Å²) in [6.07, 6.45) is 0. The lowest BCUT2D eigenvalue weighted by molar-refractivity contribution is 0.399. The van der Waals surface area contributed by atoms with E-state index in [0.29, 0.717) is 16.9 Å². The van der Waals surface area contributed by atoms with E-state index < -0.39 is 5.92 Å². The van der Waals surface area contributed by atoms with Gasteiger partial charge in [-0.15, -0.1) is 0 Å². The van der Waals surface area contributed by atoms with Crippen LogP contribution in [-0.4, -0.2) is 7.11 Å². The molecule has 0 spiro atoms. The smallest absolute Gasteiger partial charge is 0.134 e. The third kappa shape index (κ3) is 1.94. The van der Waals surface area contributed by atoms with Crippen molar-refractivity contribution in [3.63, 3.8) is 0 Å². The third-order valence-electron chi connectivity index (χ3n) is 2.45. The molecule has 1 atom stereocenters. The van der Waals surface area contributed by atoms with Crippen LogP contribution < -0.4 is 4.74 Å². The fraction of sp³-hybridized carbons (Fsp3) is 0.417. The average molecular weight is 207 g/mol. The van der Waals surface area contributed by atoms with Gasteiger partial charge in [0.15, 0.2) is 0 Å². The summed E-state index contributed by atoms with van der Waals surface area (Å²) in [6.45, 7) is 5.20. The Morgan fingerprint density at radius 3 is 2.47 bits per heavy atom. The first-order valence-electron chi connectivity index (χ1n) is 4.76. The average Bonchev–Trinajstić information content (AvgIpc) is 2.21. The standard InChI is InChI=1S/C12H14FNO/c1-7-5-8(2)12(15-4)10(11(7)13)9(3)6-14/h5,9H,1-4H3. The van der Waals surface area contributed by atoms with Crippen molar-refractivity contribution in [3.8, 4) is 11.8 Å². The first-order valence-corrected chi connectivity index (χ1v) is 4.76. The number of ether oxygens (including phenoxy) is 1. The fourth-order valence-electron chi connectivity index (χ4n) is 1.70. The molecule has 15 heavy (non-hydrogen) atoms. The molecule has 0 amide bonds. The van der Waals surface area contributed by atoms with E-state index in [9.17, 15) is 4.39 Å². The number of rotatable bonds is 2. The molecule has 0 N–H and O–H groups in total. The van der Waals surface area contributed by atoms with Crippen LogP contribution in [0.3, 0.4) is 0 Å². The highest BCUT2D eigenvalue weighted by Gasteiger charge is 2.20. The van der Waals surface area contributed by atoms with Crippen molar-refractivity contribution in [1.82, 2.24) is 0 Å². The summed E-state index contributed by atoms with van der Waals surface area (Å²) in [5, 5.41) is 8.84. The Hall–Kier alpha value is -1.56. The molecule has 0 radical (unpaired) electrons. The summed E-state index contributed by atoms with van der Waals surface area (Å²) >= 11 is 0. The van der Waals surface area contributed by atoms with Crippen LogP contribution >= 0.6 is 0 Å². The van der Waals surface area contributed by atoms with Gasteiger partial charge in [0.1, 0.15) is 11.6 Å². The van der Waals surface area contributed by atoms with Crippen molar-refractivity contribution in [2.24, 2.45) is 0 Å². The van der Waals surface area contributed by atoms with Gasteiger partial charge in [-0.25, -0.2) is 4.39 Å². The molecule has 1 aromatic carbocycles. The molecule has 2 nitrogen and oxygen atoms in total. The van der Waals surface area contributed by atoms with E-state index in [2.05, 4.69) is 0 Å². The van der Waals surface area contributed by atoms with Gasteiger partial charge >= 0.3 is 0 Å². The second-order valence-electron chi connectivity index (χ2n) is 3.62. The van der Waals surface area contributed by atoms with Gasteiger partial charge in [0.05, 0.1) is 19.1 Å². The molecule has 0 fully saturated rings. The molecule has 1 unspecified atom stereocenters. The summed E-state index contributed by atoms with van der Waals surface area (Å²) in [7, 11) is 1.49. The largest absolute Gasteiger partial charge is 0.496 e. The van der Waals surface area contributed by atoms with E-state index in [0.717, 1.165) is 5.56 Å². The number of hydrogen-bond acceptors (Lipinski definition) is 2. The van der Waals surface area contributed by atoms with Gasteiger partial charge in [0.2, 0.25) is 0 Å². The van der Waals surface area contributed by atoms with Gasteiger partial charge in [-0.05, 0) is 38.0 Å². The Labute approximate surface area is 89.3 Å². The zero-order valence-corrected chi connectivity index (χ0v) is 9.39. The minimum Gasteiger partial charge on any atom is -0.496 e. The second-order valence-corrected chi connectivity index (χ2v) is 3.62. The monoisotopic (exact) mass is 207 g/mol. The number of nitrogens with zero attached hydrogens (tertiary/aromatic N) is 1. The van der Waals surface area contributed by atoms with E-state index in [4.69, 9.17) is 10.00 Å². The molecular formula is C12H14FNO. The van der Waals surface area contributed by atoms with Crippen molar-refractivity contribution < 1.29 is 9.13 Å². The van der Waals surface area contributed by atoms with Crippen LogP contribution in [0.5, 0.6) is 5.75 Å². The van der Waals surface area contributed by atoms with Crippen LogP contribution in [0.1, 0.15) is 29.5 Å². The predicted molar refractivity (Wildman–Crippen MR) is 56.5 cm³/mol. The molecule has 0 aliphatic rings. The normalized spacial score (nSPS) is 12.0. The molecule has 80 valence electrons. The second kappa shape index (κ2) is 4.31. The molecular weight excluding hydrogens is 193 g/mol. The summed E-state index contributed by atoms with van der Waals surface area (Å²) < 4.78 is 19.0. The topological polar surface area (TPSA) is 33.0 Å². The molecule has 3 heteroatoms. The highest BCUT2D eigenvalue weighted by molar-refractivity contribution is 5.48. The molecule has 1 aromatic rings. The summed E-state index contributed by atoms with van der Waals surface area (Å²) in [4.78, 5) is 0. The lowest BCUT2D eigenvalue weighted by Crippen LogP contribution is -2.03. The molecule has 0 bridgehead atoms. The molecule has 0 aromatic heterocycles. The Balaban J connectivity index is 3.52. The van der Waals surface area contributed by atoms with E-state index in [1.54, 1.807) is 19.9 Å².